The van der Waals surface area contributed by atoms with E-state index in [-0.39, 0.29) is 11.4 Å². The molecule has 128 valence electrons. The maximum atomic E-state index is 12.1. The van der Waals surface area contributed by atoms with Crippen LogP contribution in [0.25, 0.3) is 0 Å². The van der Waals surface area contributed by atoms with Crippen LogP contribution in [0.15, 0.2) is 48.5 Å². The van der Waals surface area contributed by atoms with Gasteiger partial charge in [0.05, 0.1) is 10.7 Å². The van der Waals surface area contributed by atoms with E-state index in [0.29, 0.717) is 18.5 Å². The Morgan fingerprint density at radius 1 is 1.08 bits per heavy atom. The summed E-state index contributed by atoms with van der Waals surface area (Å²) in [6.07, 6.45) is 1.48. The molecular weight excluding hydrogens is 328 g/mol. The van der Waals surface area contributed by atoms with Crippen LogP contribution in [0.4, 0.5) is 5.69 Å². The third-order valence-corrected chi connectivity index (χ3v) is 4.92. The molecular formula is C17H20N2O4S. The number of nitrogens with zero attached hydrogens (tertiary/aromatic N) is 1. The molecule has 0 heterocycles. The molecule has 2 aromatic carbocycles. The lowest BCUT2D eigenvalue weighted by Gasteiger charge is -2.07. The van der Waals surface area contributed by atoms with Gasteiger partial charge in [-0.05, 0) is 30.9 Å². The second kappa shape index (κ2) is 8.03. The van der Waals surface area contributed by atoms with Crippen molar-refractivity contribution in [3.8, 4) is 0 Å². The molecule has 0 unspecified atom stereocenters. The Morgan fingerprint density at radius 2 is 1.79 bits per heavy atom. The van der Waals surface area contributed by atoms with Crippen molar-refractivity contribution < 1.29 is 13.3 Å². The summed E-state index contributed by atoms with van der Waals surface area (Å²) in [7, 11) is -3.51. The van der Waals surface area contributed by atoms with Crippen LogP contribution < -0.4 is 4.72 Å². The van der Waals surface area contributed by atoms with E-state index in [9.17, 15) is 18.5 Å². The highest BCUT2D eigenvalue weighted by Gasteiger charge is 2.13. The highest BCUT2D eigenvalue weighted by atomic mass is 32.2. The lowest BCUT2D eigenvalue weighted by Crippen LogP contribution is -2.26. The van der Waals surface area contributed by atoms with Gasteiger partial charge in [-0.15, -0.1) is 0 Å². The second-order valence-corrected chi connectivity index (χ2v) is 7.48. The summed E-state index contributed by atoms with van der Waals surface area (Å²) < 4.78 is 26.7. The van der Waals surface area contributed by atoms with E-state index in [0.717, 1.165) is 6.42 Å². The lowest BCUT2D eigenvalue weighted by atomic mass is 10.1. The number of non-ortho nitro benzene ring substituents is 1. The van der Waals surface area contributed by atoms with Gasteiger partial charge in [-0.1, -0.05) is 42.0 Å². The van der Waals surface area contributed by atoms with Gasteiger partial charge in [-0.2, -0.15) is 0 Å². The fraction of sp³-hybridized carbons (Fsp3) is 0.294. The van der Waals surface area contributed by atoms with Gasteiger partial charge in [0.15, 0.2) is 0 Å². The van der Waals surface area contributed by atoms with Gasteiger partial charge in [0.2, 0.25) is 10.0 Å². The zero-order valence-corrected chi connectivity index (χ0v) is 14.3. The van der Waals surface area contributed by atoms with E-state index < -0.39 is 14.9 Å². The average Bonchev–Trinajstić information content (AvgIpc) is 2.53. The minimum atomic E-state index is -3.51. The van der Waals surface area contributed by atoms with Crippen molar-refractivity contribution in [2.75, 3.05) is 6.54 Å². The lowest BCUT2D eigenvalue weighted by molar-refractivity contribution is -0.384. The molecule has 0 amide bonds. The van der Waals surface area contributed by atoms with E-state index in [1.165, 1.54) is 29.3 Å². The quantitative estimate of drug-likeness (QED) is 0.451. The minimum absolute atomic E-state index is 0.109. The molecule has 0 aliphatic heterocycles. The highest BCUT2D eigenvalue weighted by Crippen LogP contribution is 2.15. The molecule has 0 aliphatic rings. The molecule has 0 fully saturated rings. The first kappa shape index (κ1) is 18.1. The van der Waals surface area contributed by atoms with Gasteiger partial charge >= 0.3 is 0 Å². The van der Waals surface area contributed by atoms with E-state index in [1.54, 1.807) is 6.07 Å². The molecule has 7 heteroatoms. The van der Waals surface area contributed by atoms with Crippen LogP contribution in [-0.4, -0.2) is 19.9 Å². The molecule has 0 atom stereocenters. The molecule has 1 N–H and O–H groups in total. The average molecular weight is 348 g/mol. The topological polar surface area (TPSA) is 89.3 Å². The summed E-state index contributed by atoms with van der Waals surface area (Å²) in [6.45, 7) is 2.36. The first-order valence-corrected chi connectivity index (χ1v) is 9.27. The van der Waals surface area contributed by atoms with Crippen molar-refractivity contribution in [3.63, 3.8) is 0 Å². The zero-order chi connectivity index (χ0) is 17.6. The van der Waals surface area contributed by atoms with Gasteiger partial charge in [0, 0.05) is 18.7 Å². The maximum absolute atomic E-state index is 12.1. The minimum Gasteiger partial charge on any atom is -0.258 e. The maximum Gasteiger partial charge on any atom is 0.269 e. The number of nitrogens with one attached hydrogen (secondary N) is 1. The standard InChI is InChI=1S/C17H20N2O4S/c1-14-7-9-15(10-8-14)5-3-11-18-24(22,23)13-16-4-2-6-17(12-16)19(20)21/h2,4,6-10,12,18H,3,5,11,13H2,1H3. The SMILES string of the molecule is Cc1ccc(CCCNS(=O)(=O)Cc2cccc([N+](=O)[O-])c2)cc1. The van der Waals surface area contributed by atoms with Crippen LogP contribution in [0.5, 0.6) is 0 Å². The van der Waals surface area contributed by atoms with E-state index in [4.69, 9.17) is 0 Å². The van der Waals surface area contributed by atoms with Crippen LogP contribution >= 0.6 is 0 Å². The summed E-state index contributed by atoms with van der Waals surface area (Å²) in [5.74, 6) is -0.265. The summed E-state index contributed by atoms with van der Waals surface area (Å²) >= 11 is 0. The van der Waals surface area contributed by atoms with Crippen molar-refractivity contribution >= 4 is 15.7 Å². The van der Waals surface area contributed by atoms with Gasteiger partial charge in [-0.25, -0.2) is 13.1 Å². The van der Waals surface area contributed by atoms with Crippen molar-refractivity contribution in [2.45, 2.75) is 25.5 Å². The molecule has 0 aromatic heterocycles. The number of aryl methyl sites for hydroxylation is 2. The van der Waals surface area contributed by atoms with E-state index in [2.05, 4.69) is 4.72 Å². The van der Waals surface area contributed by atoms with Gasteiger partial charge < -0.3 is 0 Å². The van der Waals surface area contributed by atoms with E-state index in [1.807, 2.05) is 31.2 Å². The molecule has 2 aromatic rings. The number of rotatable bonds is 8. The molecule has 24 heavy (non-hydrogen) atoms. The fourth-order valence-corrected chi connectivity index (χ4v) is 3.48. The predicted molar refractivity (Wildman–Crippen MR) is 93.2 cm³/mol. The van der Waals surface area contributed by atoms with Crippen LogP contribution in [0.3, 0.4) is 0 Å². The number of hydrogen-bond donors (Lipinski definition) is 1. The Kier molecular flexibility index (Phi) is 6.05. The first-order chi connectivity index (χ1) is 11.4. The van der Waals surface area contributed by atoms with Crippen molar-refractivity contribution in [3.05, 3.63) is 75.3 Å². The van der Waals surface area contributed by atoms with Crippen LogP contribution in [0.2, 0.25) is 0 Å². The largest absolute Gasteiger partial charge is 0.269 e. The number of sulfonamides is 1. The fourth-order valence-electron chi connectivity index (χ4n) is 2.31. The normalized spacial score (nSPS) is 11.4. The molecule has 0 aliphatic carbocycles. The van der Waals surface area contributed by atoms with Gasteiger partial charge in [-0.3, -0.25) is 10.1 Å². The Bertz CT molecular complexity index is 802. The molecule has 0 saturated heterocycles. The van der Waals surface area contributed by atoms with Crippen LogP contribution in [0, 0.1) is 17.0 Å². The molecule has 0 radical (unpaired) electrons. The molecule has 2 rings (SSSR count). The number of benzene rings is 2. The molecule has 0 saturated carbocycles. The van der Waals surface area contributed by atoms with E-state index >= 15 is 0 Å². The monoisotopic (exact) mass is 348 g/mol. The van der Waals surface area contributed by atoms with Crippen LogP contribution in [0.1, 0.15) is 23.1 Å². The Balaban J connectivity index is 1.84. The summed E-state index contributed by atoms with van der Waals surface area (Å²) in [4.78, 5) is 10.2. The van der Waals surface area contributed by atoms with Crippen LogP contribution in [-0.2, 0) is 22.2 Å². The molecule has 0 bridgehead atoms. The van der Waals surface area contributed by atoms with Crippen molar-refractivity contribution in [1.29, 1.82) is 0 Å². The first-order valence-electron chi connectivity index (χ1n) is 7.62. The third kappa shape index (κ3) is 5.75. The number of nitro benzene ring substituents is 1. The second-order valence-electron chi connectivity index (χ2n) is 5.67. The number of hydrogen-bond acceptors (Lipinski definition) is 4. The Hall–Kier alpha value is -2.25. The van der Waals surface area contributed by atoms with Gasteiger partial charge in [0.1, 0.15) is 0 Å². The Morgan fingerprint density at radius 3 is 2.46 bits per heavy atom. The van der Waals surface area contributed by atoms with Gasteiger partial charge in [0.25, 0.3) is 5.69 Å². The number of nitro groups is 1. The summed E-state index contributed by atoms with van der Waals surface area (Å²) in [5, 5.41) is 10.7. The van der Waals surface area contributed by atoms with Crippen molar-refractivity contribution in [2.24, 2.45) is 0 Å². The highest BCUT2D eigenvalue weighted by molar-refractivity contribution is 7.88. The smallest absolute Gasteiger partial charge is 0.258 e. The zero-order valence-electron chi connectivity index (χ0n) is 13.4. The summed E-state index contributed by atoms with van der Waals surface area (Å²) in [5.41, 5.74) is 2.65. The molecule has 0 spiro atoms. The third-order valence-electron chi connectivity index (χ3n) is 3.56. The summed E-state index contributed by atoms with van der Waals surface area (Å²) in [6, 6.07) is 13.8. The van der Waals surface area contributed by atoms with Crippen molar-refractivity contribution in [1.82, 2.24) is 4.72 Å². The predicted octanol–water partition coefficient (Wildman–Crippen LogP) is 2.96. The molecule has 6 nitrogen and oxygen atoms in total. The Labute approximate surface area is 141 Å².